The molecule has 100 valence electrons. The summed E-state index contributed by atoms with van der Waals surface area (Å²) in [4.78, 5) is 22.4. The lowest BCUT2D eigenvalue weighted by atomic mass is 9.96. The van der Waals surface area contributed by atoms with E-state index in [1.54, 1.807) is 18.2 Å². The molecule has 7 heteroatoms. The van der Waals surface area contributed by atoms with Crippen LogP contribution in [-0.2, 0) is 24.0 Å². The van der Waals surface area contributed by atoms with Crippen LogP contribution >= 0.6 is 0 Å². The van der Waals surface area contributed by atoms with Crippen LogP contribution < -0.4 is 0 Å². The lowest BCUT2D eigenvalue weighted by molar-refractivity contribution is -0.125. The SMILES string of the molecule is O=C1CC/C(=N/OS(=O)(=O)c2ccccc2)C(=O)C1. The molecule has 2 rings (SSSR count). The monoisotopic (exact) mass is 281 g/mol. The Bertz CT molecular complexity index is 633. The summed E-state index contributed by atoms with van der Waals surface area (Å²) in [5.74, 6) is -0.658. The number of benzene rings is 1. The Labute approximate surface area is 110 Å². The standard InChI is InChI=1S/C12H11NO5S/c14-9-6-7-11(12(15)8-9)13-18-19(16,17)10-4-2-1-3-5-10/h1-5H,6-8H2/b13-11-. The Balaban J connectivity index is 2.14. The fourth-order valence-corrected chi connectivity index (χ4v) is 2.35. The molecule has 19 heavy (non-hydrogen) atoms. The van der Waals surface area contributed by atoms with Crippen LogP contribution in [0.4, 0.5) is 0 Å². The summed E-state index contributed by atoms with van der Waals surface area (Å²) in [5.41, 5.74) is -0.0147. The number of hydrogen-bond acceptors (Lipinski definition) is 6. The van der Waals surface area contributed by atoms with E-state index in [0.29, 0.717) is 0 Å². The van der Waals surface area contributed by atoms with E-state index in [9.17, 15) is 18.0 Å². The van der Waals surface area contributed by atoms with Crippen molar-refractivity contribution in [2.24, 2.45) is 5.16 Å². The number of oxime groups is 1. The van der Waals surface area contributed by atoms with Gasteiger partial charge in [-0.1, -0.05) is 23.4 Å². The zero-order valence-electron chi connectivity index (χ0n) is 9.90. The summed E-state index contributed by atoms with van der Waals surface area (Å²) in [5, 5.41) is 3.37. The Kier molecular flexibility index (Phi) is 3.75. The lowest BCUT2D eigenvalue weighted by Crippen LogP contribution is -2.25. The van der Waals surface area contributed by atoms with Gasteiger partial charge in [-0.05, 0) is 12.1 Å². The molecule has 1 fully saturated rings. The van der Waals surface area contributed by atoms with E-state index in [0.717, 1.165) is 0 Å². The highest BCUT2D eigenvalue weighted by Gasteiger charge is 2.24. The van der Waals surface area contributed by atoms with Crippen LogP contribution in [0.15, 0.2) is 40.4 Å². The van der Waals surface area contributed by atoms with Crippen molar-refractivity contribution in [2.75, 3.05) is 0 Å². The van der Waals surface area contributed by atoms with Crippen molar-refractivity contribution < 1.29 is 22.3 Å². The van der Waals surface area contributed by atoms with Gasteiger partial charge in [0.2, 0.25) is 0 Å². The summed E-state index contributed by atoms with van der Waals surface area (Å²) >= 11 is 0. The van der Waals surface area contributed by atoms with Crippen molar-refractivity contribution in [1.82, 2.24) is 0 Å². The first-order valence-electron chi connectivity index (χ1n) is 5.59. The number of carbonyl (C=O) groups excluding carboxylic acids is 2. The molecule has 0 amide bonds. The molecule has 6 nitrogen and oxygen atoms in total. The molecule has 0 atom stereocenters. The first-order valence-corrected chi connectivity index (χ1v) is 7.00. The van der Waals surface area contributed by atoms with Crippen molar-refractivity contribution in [3.63, 3.8) is 0 Å². The number of rotatable bonds is 3. The van der Waals surface area contributed by atoms with Gasteiger partial charge in [-0.3, -0.25) is 13.9 Å². The van der Waals surface area contributed by atoms with Crippen molar-refractivity contribution in [1.29, 1.82) is 0 Å². The second-order valence-corrected chi connectivity index (χ2v) is 5.55. The van der Waals surface area contributed by atoms with Gasteiger partial charge in [-0.2, -0.15) is 8.42 Å². The highest BCUT2D eigenvalue weighted by molar-refractivity contribution is 7.86. The van der Waals surface area contributed by atoms with E-state index in [1.807, 2.05) is 0 Å². The molecule has 0 bridgehead atoms. The first kappa shape index (κ1) is 13.4. The van der Waals surface area contributed by atoms with Crippen LogP contribution in [0.3, 0.4) is 0 Å². The summed E-state index contributed by atoms with van der Waals surface area (Å²) < 4.78 is 28.0. The summed E-state index contributed by atoms with van der Waals surface area (Å²) in [7, 11) is -4.02. The minimum absolute atomic E-state index is 0.0147. The van der Waals surface area contributed by atoms with Crippen LogP contribution in [-0.4, -0.2) is 25.7 Å². The van der Waals surface area contributed by atoms with Gasteiger partial charge in [-0.15, -0.1) is 0 Å². The molecule has 0 aromatic heterocycles. The molecule has 0 spiro atoms. The largest absolute Gasteiger partial charge is 0.358 e. The van der Waals surface area contributed by atoms with Crippen molar-refractivity contribution >= 4 is 27.4 Å². The smallest absolute Gasteiger partial charge is 0.299 e. The molecular formula is C12H11NO5S. The fraction of sp³-hybridized carbons (Fsp3) is 0.250. The average molecular weight is 281 g/mol. The van der Waals surface area contributed by atoms with Gasteiger partial charge in [0.15, 0.2) is 5.78 Å². The minimum Gasteiger partial charge on any atom is -0.299 e. The normalized spacial score (nSPS) is 18.6. The number of Topliss-reactive ketones (excluding diaryl/α,β-unsaturated/α-hetero) is 2. The van der Waals surface area contributed by atoms with E-state index >= 15 is 0 Å². The number of nitrogens with zero attached hydrogens (tertiary/aromatic N) is 1. The van der Waals surface area contributed by atoms with Crippen LogP contribution in [0.1, 0.15) is 19.3 Å². The highest BCUT2D eigenvalue weighted by atomic mass is 32.2. The van der Waals surface area contributed by atoms with E-state index in [4.69, 9.17) is 0 Å². The molecule has 0 unspecified atom stereocenters. The van der Waals surface area contributed by atoms with Gasteiger partial charge < -0.3 is 0 Å². The molecule has 1 aliphatic carbocycles. The minimum atomic E-state index is -4.02. The third-order valence-electron chi connectivity index (χ3n) is 2.60. The molecule has 0 heterocycles. The summed E-state index contributed by atoms with van der Waals surface area (Å²) in [6.45, 7) is 0. The maximum Gasteiger partial charge on any atom is 0.358 e. The lowest BCUT2D eigenvalue weighted by Gasteiger charge is -2.09. The van der Waals surface area contributed by atoms with Crippen LogP contribution in [0.25, 0.3) is 0 Å². The molecule has 1 saturated carbocycles. The molecule has 0 N–H and O–H groups in total. The maximum absolute atomic E-state index is 11.7. The zero-order valence-corrected chi connectivity index (χ0v) is 10.7. The Morgan fingerprint density at radius 3 is 2.37 bits per heavy atom. The van der Waals surface area contributed by atoms with Gasteiger partial charge >= 0.3 is 10.1 Å². The molecule has 0 saturated heterocycles. The molecule has 1 aliphatic rings. The number of carbonyl (C=O) groups is 2. The summed E-state index contributed by atoms with van der Waals surface area (Å²) in [6, 6.07) is 7.49. The van der Waals surface area contributed by atoms with E-state index in [1.165, 1.54) is 12.1 Å². The zero-order chi connectivity index (χ0) is 13.9. The van der Waals surface area contributed by atoms with Crippen LogP contribution in [0.5, 0.6) is 0 Å². The third kappa shape index (κ3) is 3.25. The van der Waals surface area contributed by atoms with Crippen molar-refractivity contribution in [3.05, 3.63) is 30.3 Å². The Morgan fingerprint density at radius 2 is 1.74 bits per heavy atom. The quantitative estimate of drug-likeness (QED) is 0.610. The molecule has 1 aromatic rings. The van der Waals surface area contributed by atoms with Gasteiger partial charge in [0.05, 0.1) is 6.42 Å². The average Bonchev–Trinajstić information content (AvgIpc) is 2.39. The van der Waals surface area contributed by atoms with Crippen LogP contribution in [0.2, 0.25) is 0 Å². The van der Waals surface area contributed by atoms with E-state index < -0.39 is 15.9 Å². The second-order valence-electron chi connectivity index (χ2n) is 4.02. The third-order valence-corrected chi connectivity index (χ3v) is 3.72. The Morgan fingerprint density at radius 1 is 1.05 bits per heavy atom. The van der Waals surface area contributed by atoms with E-state index in [-0.39, 0.29) is 35.7 Å². The van der Waals surface area contributed by atoms with Gasteiger partial charge in [0, 0.05) is 12.8 Å². The Hall–Kier alpha value is -2.02. The maximum atomic E-state index is 11.7. The molecular weight excluding hydrogens is 270 g/mol. The van der Waals surface area contributed by atoms with Crippen molar-refractivity contribution in [2.45, 2.75) is 24.2 Å². The first-order chi connectivity index (χ1) is 8.99. The molecule has 0 aliphatic heterocycles. The second kappa shape index (κ2) is 5.31. The van der Waals surface area contributed by atoms with E-state index in [2.05, 4.69) is 9.44 Å². The predicted molar refractivity (Wildman–Crippen MR) is 66.0 cm³/mol. The van der Waals surface area contributed by atoms with Crippen LogP contribution in [0, 0.1) is 0 Å². The van der Waals surface area contributed by atoms with Gasteiger partial charge in [0.25, 0.3) is 0 Å². The fourth-order valence-electron chi connectivity index (χ4n) is 1.59. The number of ketones is 2. The predicted octanol–water partition coefficient (Wildman–Crippen LogP) is 1.07. The molecule has 1 aromatic carbocycles. The van der Waals surface area contributed by atoms with Crippen molar-refractivity contribution in [3.8, 4) is 0 Å². The highest BCUT2D eigenvalue weighted by Crippen LogP contribution is 2.14. The summed E-state index contributed by atoms with van der Waals surface area (Å²) in [6.07, 6.45) is 0.0505. The van der Waals surface area contributed by atoms with Gasteiger partial charge in [0.1, 0.15) is 16.4 Å². The topological polar surface area (TPSA) is 89.9 Å². The number of hydrogen-bond donors (Lipinski definition) is 0. The van der Waals surface area contributed by atoms with Gasteiger partial charge in [-0.25, -0.2) is 0 Å². The molecule has 0 radical (unpaired) electrons.